The SMILES string of the molecule is CO/N=C1\CC(C(=O)NCC(C)O)N(S(=O)(=O)c2ccc(-c3ccccc3)cc2)C1. The molecule has 30 heavy (non-hydrogen) atoms. The summed E-state index contributed by atoms with van der Waals surface area (Å²) in [7, 11) is -2.58. The molecule has 2 atom stereocenters. The summed E-state index contributed by atoms with van der Waals surface area (Å²) < 4.78 is 27.7. The van der Waals surface area contributed by atoms with Crippen molar-refractivity contribution in [3.8, 4) is 11.1 Å². The Labute approximate surface area is 176 Å². The van der Waals surface area contributed by atoms with Gasteiger partial charge in [0.1, 0.15) is 13.2 Å². The number of carbonyl (C=O) groups is 1. The van der Waals surface area contributed by atoms with Gasteiger partial charge in [-0.2, -0.15) is 4.31 Å². The third-order valence-corrected chi connectivity index (χ3v) is 6.65. The third kappa shape index (κ3) is 4.86. The van der Waals surface area contributed by atoms with Gasteiger partial charge in [0.15, 0.2) is 0 Å². The normalized spacial score (nSPS) is 19.6. The number of aliphatic hydroxyl groups excluding tert-OH is 1. The Morgan fingerprint density at radius 2 is 1.83 bits per heavy atom. The Morgan fingerprint density at radius 3 is 2.43 bits per heavy atom. The van der Waals surface area contributed by atoms with E-state index < -0.39 is 28.1 Å². The lowest BCUT2D eigenvalue weighted by atomic mass is 10.1. The molecule has 8 nitrogen and oxygen atoms in total. The van der Waals surface area contributed by atoms with Gasteiger partial charge in [0.05, 0.1) is 23.3 Å². The number of hydrogen-bond donors (Lipinski definition) is 2. The summed E-state index contributed by atoms with van der Waals surface area (Å²) >= 11 is 0. The fourth-order valence-corrected chi connectivity index (χ4v) is 4.88. The average molecular weight is 432 g/mol. The molecule has 0 radical (unpaired) electrons. The summed E-state index contributed by atoms with van der Waals surface area (Å²) in [4.78, 5) is 17.5. The number of nitrogens with zero attached hydrogens (tertiary/aromatic N) is 2. The van der Waals surface area contributed by atoms with Crippen LogP contribution in [0.5, 0.6) is 0 Å². The van der Waals surface area contributed by atoms with Crippen molar-refractivity contribution >= 4 is 21.6 Å². The number of carbonyl (C=O) groups excluding carboxylic acids is 1. The van der Waals surface area contributed by atoms with Crippen LogP contribution in [0, 0.1) is 0 Å². The number of oxime groups is 1. The van der Waals surface area contributed by atoms with Gasteiger partial charge in [0.2, 0.25) is 15.9 Å². The van der Waals surface area contributed by atoms with Crippen LogP contribution in [0.15, 0.2) is 64.6 Å². The van der Waals surface area contributed by atoms with Crippen molar-refractivity contribution in [2.75, 3.05) is 20.2 Å². The van der Waals surface area contributed by atoms with Crippen LogP contribution in [0.4, 0.5) is 0 Å². The summed E-state index contributed by atoms with van der Waals surface area (Å²) in [5, 5.41) is 15.8. The predicted octanol–water partition coefficient (Wildman–Crippen LogP) is 1.62. The van der Waals surface area contributed by atoms with Crippen LogP contribution in [-0.4, -0.2) is 61.8 Å². The lowest BCUT2D eigenvalue weighted by Gasteiger charge is -2.23. The van der Waals surface area contributed by atoms with E-state index in [2.05, 4.69) is 10.5 Å². The van der Waals surface area contributed by atoms with E-state index in [0.717, 1.165) is 15.4 Å². The lowest BCUT2D eigenvalue weighted by Crippen LogP contribution is -2.47. The van der Waals surface area contributed by atoms with E-state index >= 15 is 0 Å². The second-order valence-corrected chi connectivity index (χ2v) is 8.99. The lowest BCUT2D eigenvalue weighted by molar-refractivity contribution is -0.124. The molecule has 1 heterocycles. The Morgan fingerprint density at radius 1 is 1.20 bits per heavy atom. The van der Waals surface area contributed by atoms with Gasteiger partial charge in [-0.05, 0) is 30.2 Å². The van der Waals surface area contributed by atoms with E-state index in [0.29, 0.717) is 5.71 Å². The minimum Gasteiger partial charge on any atom is -0.399 e. The zero-order chi connectivity index (χ0) is 21.7. The van der Waals surface area contributed by atoms with Gasteiger partial charge in [0, 0.05) is 13.0 Å². The number of aliphatic hydroxyl groups is 1. The third-order valence-electron chi connectivity index (χ3n) is 4.78. The summed E-state index contributed by atoms with van der Waals surface area (Å²) in [5.41, 5.74) is 2.33. The molecule has 1 aliphatic heterocycles. The fraction of sp³-hybridized carbons (Fsp3) is 0.333. The maximum atomic E-state index is 13.3. The first-order valence-electron chi connectivity index (χ1n) is 9.55. The Kier molecular flexibility index (Phi) is 6.86. The highest BCUT2D eigenvalue weighted by Gasteiger charge is 2.42. The molecule has 2 aromatic carbocycles. The Hall–Kier alpha value is -2.75. The first-order valence-corrected chi connectivity index (χ1v) is 11.0. The van der Waals surface area contributed by atoms with Crippen LogP contribution in [0.25, 0.3) is 11.1 Å². The largest absolute Gasteiger partial charge is 0.399 e. The number of benzene rings is 2. The minimum atomic E-state index is -3.95. The molecule has 160 valence electrons. The van der Waals surface area contributed by atoms with Crippen molar-refractivity contribution in [2.24, 2.45) is 5.16 Å². The van der Waals surface area contributed by atoms with E-state index in [4.69, 9.17) is 4.84 Å². The number of sulfonamides is 1. The number of amides is 1. The van der Waals surface area contributed by atoms with Crippen molar-refractivity contribution in [1.29, 1.82) is 0 Å². The molecule has 0 aromatic heterocycles. The van der Waals surface area contributed by atoms with Crippen LogP contribution in [0.1, 0.15) is 13.3 Å². The second kappa shape index (κ2) is 9.38. The van der Waals surface area contributed by atoms with Crippen molar-refractivity contribution in [1.82, 2.24) is 9.62 Å². The van der Waals surface area contributed by atoms with Crippen molar-refractivity contribution in [3.63, 3.8) is 0 Å². The maximum Gasteiger partial charge on any atom is 0.244 e. The van der Waals surface area contributed by atoms with E-state index in [1.807, 2.05) is 30.3 Å². The van der Waals surface area contributed by atoms with Crippen LogP contribution in [-0.2, 0) is 19.7 Å². The summed E-state index contributed by atoms with van der Waals surface area (Å²) in [6, 6.07) is 15.2. The molecule has 2 N–H and O–H groups in total. The molecule has 0 spiro atoms. The molecule has 1 aliphatic rings. The van der Waals surface area contributed by atoms with Gasteiger partial charge in [-0.1, -0.05) is 47.6 Å². The van der Waals surface area contributed by atoms with Gasteiger partial charge in [0.25, 0.3) is 0 Å². The molecule has 1 saturated heterocycles. The van der Waals surface area contributed by atoms with Crippen LogP contribution < -0.4 is 5.32 Å². The smallest absolute Gasteiger partial charge is 0.244 e. The number of hydrogen-bond acceptors (Lipinski definition) is 6. The maximum absolute atomic E-state index is 13.3. The predicted molar refractivity (Wildman–Crippen MR) is 113 cm³/mol. The number of rotatable bonds is 7. The highest BCUT2D eigenvalue weighted by Crippen LogP contribution is 2.27. The summed E-state index contributed by atoms with van der Waals surface area (Å²) in [5.74, 6) is -0.485. The summed E-state index contributed by atoms with van der Waals surface area (Å²) in [6.07, 6.45) is -0.612. The van der Waals surface area contributed by atoms with Crippen LogP contribution in [0.3, 0.4) is 0 Å². The van der Waals surface area contributed by atoms with E-state index in [9.17, 15) is 18.3 Å². The highest BCUT2D eigenvalue weighted by molar-refractivity contribution is 7.89. The Balaban J connectivity index is 1.87. The molecule has 9 heteroatoms. The first kappa shape index (κ1) is 21.9. The molecule has 3 rings (SSSR count). The van der Waals surface area contributed by atoms with Gasteiger partial charge < -0.3 is 15.3 Å². The molecule has 2 aromatic rings. The fourth-order valence-electron chi connectivity index (χ4n) is 3.30. The molecule has 0 aliphatic carbocycles. The van der Waals surface area contributed by atoms with Crippen molar-refractivity contribution in [2.45, 2.75) is 30.4 Å². The topological polar surface area (TPSA) is 108 Å². The standard InChI is InChI=1S/C21H25N3O5S/c1-15(25)13-22-21(26)20-12-18(23-29-2)14-24(20)30(27,28)19-10-8-17(9-11-19)16-6-4-3-5-7-16/h3-11,15,20,25H,12-14H2,1-2H3,(H,22,26)/b23-18+. The molecule has 0 bridgehead atoms. The van der Waals surface area contributed by atoms with Crippen molar-refractivity contribution < 1.29 is 23.2 Å². The zero-order valence-corrected chi connectivity index (χ0v) is 17.7. The van der Waals surface area contributed by atoms with E-state index in [1.54, 1.807) is 12.1 Å². The van der Waals surface area contributed by atoms with Gasteiger partial charge in [-0.15, -0.1) is 0 Å². The van der Waals surface area contributed by atoms with Crippen molar-refractivity contribution in [3.05, 3.63) is 54.6 Å². The molecular weight excluding hydrogens is 406 g/mol. The van der Waals surface area contributed by atoms with E-state index in [1.165, 1.54) is 26.2 Å². The molecule has 1 fully saturated rings. The minimum absolute atomic E-state index is 0.0335. The average Bonchev–Trinajstić information content (AvgIpc) is 3.18. The molecule has 1 amide bonds. The zero-order valence-electron chi connectivity index (χ0n) is 16.9. The Bertz CT molecular complexity index is 1000. The monoisotopic (exact) mass is 431 g/mol. The molecule has 0 saturated carbocycles. The first-order chi connectivity index (χ1) is 14.3. The van der Waals surface area contributed by atoms with Crippen LogP contribution >= 0.6 is 0 Å². The summed E-state index contributed by atoms with van der Waals surface area (Å²) in [6.45, 7) is 1.53. The van der Waals surface area contributed by atoms with Crippen LogP contribution in [0.2, 0.25) is 0 Å². The second-order valence-electron chi connectivity index (χ2n) is 7.09. The highest BCUT2D eigenvalue weighted by atomic mass is 32.2. The van der Waals surface area contributed by atoms with E-state index in [-0.39, 0.29) is 24.4 Å². The quantitative estimate of drug-likeness (QED) is 0.648. The molecular formula is C21H25N3O5S. The van der Waals surface area contributed by atoms with Gasteiger partial charge in [-0.25, -0.2) is 8.42 Å². The number of nitrogens with one attached hydrogen (secondary N) is 1. The van der Waals surface area contributed by atoms with Gasteiger partial charge in [-0.3, -0.25) is 4.79 Å². The van der Waals surface area contributed by atoms with Gasteiger partial charge >= 0.3 is 0 Å². The molecule has 2 unspecified atom stereocenters.